The van der Waals surface area contributed by atoms with Crippen molar-refractivity contribution in [3.05, 3.63) is 0 Å². The van der Waals surface area contributed by atoms with Gasteiger partial charge in [0.05, 0.1) is 5.60 Å². The van der Waals surface area contributed by atoms with E-state index in [0.717, 1.165) is 6.54 Å². The molecule has 2 nitrogen and oxygen atoms in total. The van der Waals surface area contributed by atoms with Crippen LogP contribution in [0.2, 0.25) is 0 Å². The predicted molar refractivity (Wildman–Crippen MR) is 44.2 cm³/mol. The van der Waals surface area contributed by atoms with Crippen molar-refractivity contribution in [2.45, 2.75) is 39.3 Å². The van der Waals surface area contributed by atoms with Crippen molar-refractivity contribution in [3.8, 4) is 0 Å². The van der Waals surface area contributed by atoms with Gasteiger partial charge in [-0.1, -0.05) is 13.8 Å². The maximum Gasteiger partial charge on any atom is 0.0746 e. The molecule has 0 aliphatic heterocycles. The molecule has 0 saturated carbocycles. The Hall–Kier alpha value is -0.0800. The number of hydrogen-bond donors (Lipinski definition) is 1. The molecule has 0 spiro atoms. The van der Waals surface area contributed by atoms with Crippen LogP contribution in [-0.4, -0.2) is 25.3 Å². The van der Waals surface area contributed by atoms with Crippen molar-refractivity contribution in [2.24, 2.45) is 0 Å². The maximum atomic E-state index is 5.23. The second-order valence-electron chi connectivity index (χ2n) is 3.50. The molecule has 1 N–H and O–H groups in total. The third-order valence-electron chi connectivity index (χ3n) is 1.49. The van der Waals surface area contributed by atoms with Crippen molar-refractivity contribution in [1.29, 1.82) is 0 Å². The van der Waals surface area contributed by atoms with E-state index in [0.29, 0.717) is 6.04 Å². The van der Waals surface area contributed by atoms with Crippen LogP contribution in [0.3, 0.4) is 0 Å². The van der Waals surface area contributed by atoms with Crippen LogP contribution >= 0.6 is 0 Å². The zero-order valence-electron chi connectivity index (χ0n) is 7.69. The molecule has 0 amide bonds. The van der Waals surface area contributed by atoms with Gasteiger partial charge in [0.15, 0.2) is 0 Å². The lowest BCUT2D eigenvalue weighted by atomic mass is 10.1. The minimum Gasteiger partial charge on any atom is -0.377 e. The number of nitrogens with one attached hydrogen (secondary N) is 1. The van der Waals surface area contributed by atoms with Gasteiger partial charge in [0.1, 0.15) is 0 Å². The van der Waals surface area contributed by atoms with Crippen LogP contribution in [0.5, 0.6) is 0 Å². The Morgan fingerprint density at radius 3 is 2.20 bits per heavy atom. The summed E-state index contributed by atoms with van der Waals surface area (Å²) in [4.78, 5) is 0. The van der Waals surface area contributed by atoms with Gasteiger partial charge in [-0.3, -0.25) is 0 Å². The first-order valence-electron chi connectivity index (χ1n) is 3.76. The van der Waals surface area contributed by atoms with Crippen molar-refractivity contribution in [3.63, 3.8) is 0 Å². The minimum atomic E-state index is -0.0374. The number of methoxy groups -OCH3 is 1. The number of hydrogen-bond acceptors (Lipinski definition) is 2. The van der Waals surface area contributed by atoms with E-state index >= 15 is 0 Å². The van der Waals surface area contributed by atoms with Crippen molar-refractivity contribution < 1.29 is 4.74 Å². The summed E-state index contributed by atoms with van der Waals surface area (Å²) < 4.78 is 5.23. The molecule has 62 valence electrons. The Bertz CT molecular complexity index is 89.3. The van der Waals surface area contributed by atoms with E-state index < -0.39 is 0 Å². The topological polar surface area (TPSA) is 21.3 Å². The van der Waals surface area contributed by atoms with Gasteiger partial charge < -0.3 is 10.1 Å². The highest BCUT2D eigenvalue weighted by molar-refractivity contribution is 4.71. The second-order valence-corrected chi connectivity index (χ2v) is 3.50. The fraction of sp³-hybridized carbons (Fsp3) is 1.00. The Morgan fingerprint density at radius 2 is 1.90 bits per heavy atom. The van der Waals surface area contributed by atoms with Crippen LogP contribution in [0.4, 0.5) is 0 Å². The lowest BCUT2D eigenvalue weighted by molar-refractivity contribution is 0.0218. The molecule has 0 rings (SSSR count). The summed E-state index contributed by atoms with van der Waals surface area (Å²) in [5, 5.41) is 3.31. The van der Waals surface area contributed by atoms with E-state index in [1.165, 1.54) is 0 Å². The largest absolute Gasteiger partial charge is 0.377 e. The first-order valence-corrected chi connectivity index (χ1v) is 3.76. The summed E-state index contributed by atoms with van der Waals surface area (Å²) in [7, 11) is 1.74. The quantitative estimate of drug-likeness (QED) is 0.646. The van der Waals surface area contributed by atoms with Crippen molar-refractivity contribution in [1.82, 2.24) is 5.32 Å². The highest BCUT2D eigenvalue weighted by Gasteiger charge is 2.15. The third kappa shape index (κ3) is 4.77. The van der Waals surface area contributed by atoms with Crippen LogP contribution in [0.15, 0.2) is 0 Å². The van der Waals surface area contributed by atoms with E-state index in [1.54, 1.807) is 7.11 Å². The zero-order chi connectivity index (χ0) is 8.20. The molecule has 0 saturated heterocycles. The maximum absolute atomic E-state index is 5.23. The van der Waals surface area contributed by atoms with Gasteiger partial charge in [-0.2, -0.15) is 0 Å². The molecule has 0 aliphatic carbocycles. The van der Waals surface area contributed by atoms with Crippen LogP contribution in [-0.2, 0) is 4.74 Å². The Kier molecular flexibility index (Phi) is 3.91. The molecule has 0 radical (unpaired) electrons. The Labute approximate surface area is 64.0 Å². The van der Waals surface area contributed by atoms with Gasteiger partial charge in [-0.25, -0.2) is 0 Å². The summed E-state index contributed by atoms with van der Waals surface area (Å²) in [5.74, 6) is 0. The molecule has 0 aromatic carbocycles. The van der Waals surface area contributed by atoms with E-state index in [9.17, 15) is 0 Å². The zero-order valence-corrected chi connectivity index (χ0v) is 7.69. The van der Waals surface area contributed by atoms with E-state index in [-0.39, 0.29) is 5.60 Å². The van der Waals surface area contributed by atoms with Crippen LogP contribution < -0.4 is 5.32 Å². The summed E-state index contributed by atoms with van der Waals surface area (Å²) in [6, 6.07) is 0.537. The van der Waals surface area contributed by atoms with E-state index in [2.05, 4.69) is 33.0 Å². The first kappa shape index (κ1) is 9.92. The van der Waals surface area contributed by atoms with Crippen LogP contribution in [0.1, 0.15) is 27.7 Å². The molecule has 0 bridgehead atoms. The molecule has 0 aliphatic rings. The standard InChI is InChI=1S/C8H19NO/c1-7(2)9-6-8(3,4)10-5/h7,9H,6H2,1-5H3. The predicted octanol–water partition coefficient (Wildman–Crippen LogP) is 1.41. The highest BCUT2D eigenvalue weighted by atomic mass is 16.5. The molecule has 0 aromatic heterocycles. The molecule has 2 heteroatoms. The smallest absolute Gasteiger partial charge is 0.0746 e. The molecule has 0 aromatic rings. The van der Waals surface area contributed by atoms with Gasteiger partial charge in [-0.15, -0.1) is 0 Å². The fourth-order valence-electron chi connectivity index (χ4n) is 0.522. The van der Waals surface area contributed by atoms with Gasteiger partial charge in [-0.05, 0) is 13.8 Å². The van der Waals surface area contributed by atoms with Gasteiger partial charge in [0.2, 0.25) is 0 Å². The molecular formula is C8H19NO. The lowest BCUT2D eigenvalue weighted by Crippen LogP contribution is -2.39. The first-order chi connectivity index (χ1) is 4.48. The summed E-state index contributed by atoms with van der Waals surface area (Å²) in [6.07, 6.45) is 0. The van der Waals surface area contributed by atoms with Gasteiger partial charge >= 0.3 is 0 Å². The Balaban J connectivity index is 3.46. The molecule has 0 atom stereocenters. The normalized spacial score (nSPS) is 12.6. The minimum absolute atomic E-state index is 0.0374. The molecule has 10 heavy (non-hydrogen) atoms. The molecular weight excluding hydrogens is 126 g/mol. The number of rotatable bonds is 4. The van der Waals surface area contributed by atoms with Gasteiger partial charge in [0, 0.05) is 19.7 Å². The molecule has 0 unspecified atom stereocenters. The highest BCUT2D eigenvalue weighted by Crippen LogP contribution is 2.04. The molecule has 0 heterocycles. The Morgan fingerprint density at radius 1 is 1.40 bits per heavy atom. The molecule has 0 fully saturated rings. The number of ether oxygens (including phenoxy) is 1. The summed E-state index contributed by atoms with van der Waals surface area (Å²) in [5.41, 5.74) is -0.0374. The van der Waals surface area contributed by atoms with E-state index in [1.807, 2.05) is 0 Å². The summed E-state index contributed by atoms with van der Waals surface area (Å²) >= 11 is 0. The fourth-order valence-corrected chi connectivity index (χ4v) is 0.522. The second kappa shape index (κ2) is 3.94. The van der Waals surface area contributed by atoms with Crippen molar-refractivity contribution >= 4 is 0 Å². The van der Waals surface area contributed by atoms with Gasteiger partial charge in [0.25, 0.3) is 0 Å². The third-order valence-corrected chi connectivity index (χ3v) is 1.49. The van der Waals surface area contributed by atoms with Crippen LogP contribution in [0, 0.1) is 0 Å². The lowest BCUT2D eigenvalue weighted by Gasteiger charge is -2.24. The van der Waals surface area contributed by atoms with E-state index in [4.69, 9.17) is 4.74 Å². The monoisotopic (exact) mass is 145 g/mol. The van der Waals surface area contributed by atoms with Crippen LogP contribution in [0.25, 0.3) is 0 Å². The SMILES string of the molecule is COC(C)(C)CNC(C)C. The van der Waals surface area contributed by atoms with Crippen molar-refractivity contribution in [2.75, 3.05) is 13.7 Å². The summed E-state index contributed by atoms with van der Waals surface area (Å²) in [6.45, 7) is 9.31. The average molecular weight is 145 g/mol. The average Bonchev–Trinajstić information content (AvgIpc) is 1.85.